The Morgan fingerprint density at radius 3 is 2.14 bits per heavy atom. The average molecular weight is 323 g/mol. The summed E-state index contributed by atoms with van der Waals surface area (Å²) in [5, 5.41) is 10.0. The van der Waals surface area contributed by atoms with E-state index in [4.69, 9.17) is 11.6 Å². The molecule has 0 saturated carbocycles. The third-order valence-electron chi connectivity index (χ3n) is 2.87. The zero-order chi connectivity index (χ0) is 15.8. The highest BCUT2D eigenvalue weighted by molar-refractivity contribution is 6.30. The summed E-state index contributed by atoms with van der Waals surface area (Å²) >= 11 is 5.56. The maximum absolute atomic E-state index is 13.6. The number of rotatable bonds is 2. The standard InChI is InChI=1S/C14H8ClF5O/c15-8-2-3-9(11(16)6-8)13(21)7-1-4-10(12(17)5-7)14(18,19)20/h1-6,13,21H. The predicted octanol–water partition coefficient (Wildman–Crippen LogP) is 4.72. The van der Waals surface area contributed by atoms with E-state index in [2.05, 4.69) is 0 Å². The van der Waals surface area contributed by atoms with Gasteiger partial charge in [-0.3, -0.25) is 0 Å². The SMILES string of the molecule is OC(c1ccc(C(F)(F)F)c(F)c1)c1ccc(Cl)cc1F. The van der Waals surface area contributed by atoms with Gasteiger partial charge in [-0.1, -0.05) is 23.7 Å². The van der Waals surface area contributed by atoms with Crippen LogP contribution in [0.25, 0.3) is 0 Å². The van der Waals surface area contributed by atoms with Crippen LogP contribution in [0.4, 0.5) is 22.0 Å². The quantitative estimate of drug-likeness (QED) is 0.793. The van der Waals surface area contributed by atoms with Crippen molar-refractivity contribution in [1.29, 1.82) is 0 Å². The van der Waals surface area contributed by atoms with Gasteiger partial charge in [0.25, 0.3) is 0 Å². The van der Waals surface area contributed by atoms with E-state index in [9.17, 15) is 27.1 Å². The molecule has 21 heavy (non-hydrogen) atoms. The van der Waals surface area contributed by atoms with Crippen molar-refractivity contribution in [2.45, 2.75) is 12.3 Å². The van der Waals surface area contributed by atoms with E-state index in [1.807, 2.05) is 0 Å². The number of hydrogen-bond donors (Lipinski definition) is 1. The van der Waals surface area contributed by atoms with Crippen molar-refractivity contribution in [3.63, 3.8) is 0 Å². The van der Waals surface area contributed by atoms with E-state index >= 15 is 0 Å². The molecule has 0 amide bonds. The van der Waals surface area contributed by atoms with Gasteiger partial charge in [-0.25, -0.2) is 8.78 Å². The van der Waals surface area contributed by atoms with Crippen molar-refractivity contribution in [1.82, 2.24) is 0 Å². The zero-order valence-electron chi connectivity index (χ0n) is 10.3. The van der Waals surface area contributed by atoms with Crippen LogP contribution in [-0.2, 0) is 6.18 Å². The Morgan fingerprint density at radius 2 is 1.62 bits per heavy atom. The lowest BCUT2D eigenvalue weighted by Gasteiger charge is -2.15. The zero-order valence-corrected chi connectivity index (χ0v) is 11.0. The molecule has 0 spiro atoms. The Morgan fingerprint density at radius 1 is 0.952 bits per heavy atom. The van der Waals surface area contributed by atoms with Crippen LogP contribution in [0.3, 0.4) is 0 Å². The van der Waals surface area contributed by atoms with Gasteiger partial charge in [-0.05, 0) is 29.8 Å². The number of hydrogen-bond acceptors (Lipinski definition) is 1. The molecule has 2 aromatic carbocycles. The molecule has 0 aliphatic rings. The van der Waals surface area contributed by atoms with Gasteiger partial charge in [-0.2, -0.15) is 13.2 Å². The van der Waals surface area contributed by atoms with Gasteiger partial charge in [0.15, 0.2) is 0 Å². The molecule has 0 aliphatic heterocycles. The first-order valence-corrected chi connectivity index (χ1v) is 6.07. The lowest BCUT2D eigenvalue weighted by atomic mass is 9.99. The molecule has 0 radical (unpaired) electrons. The Hall–Kier alpha value is -1.66. The molecule has 0 aliphatic carbocycles. The lowest BCUT2D eigenvalue weighted by Crippen LogP contribution is -2.10. The maximum Gasteiger partial charge on any atom is 0.419 e. The summed E-state index contributed by atoms with van der Waals surface area (Å²) in [7, 11) is 0. The largest absolute Gasteiger partial charge is 0.419 e. The molecule has 1 nitrogen and oxygen atoms in total. The van der Waals surface area contributed by atoms with Crippen LogP contribution in [0.1, 0.15) is 22.8 Å². The maximum atomic E-state index is 13.6. The van der Waals surface area contributed by atoms with E-state index < -0.39 is 29.5 Å². The first kappa shape index (κ1) is 15.7. The van der Waals surface area contributed by atoms with Crippen LogP contribution >= 0.6 is 11.6 Å². The van der Waals surface area contributed by atoms with E-state index in [0.717, 1.165) is 12.1 Å². The summed E-state index contributed by atoms with van der Waals surface area (Å²) in [6.45, 7) is 0. The van der Waals surface area contributed by atoms with E-state index in [-0.39, 0.29) is 16.1 Å². The molecule has 0 fully saturated rings. The summed E-state index contributed by atoms with van der Waals surface area (Å²) in [5.74, 6) is -2.37. The van der Waals surface area contributed by atoms with Crippen LogP contribution in [0, 0.1) is 11.6 Å². The van der Waals surface area contributed by atoms with Crippen molar-refractivity contribution < 1.29 is 27.1 Å². The minimum atomic E-state index is -4.83. The highest BCUT2D eigenvalue weighted by Crippen LogP contribution is 2.34. The molecule has 2 aromatic rings. The van der Waals surface area contributed by atoms with Crippen molar-refractivity contribution in [3.8, 4) is 0 Å². The first-order chi connectivity index (χ1) is 9.70. The molecule has 7 heteroatoms. The second-order valence-electron chi connectivity index (χ2n) is 4.31. The van der Waals surface area contributed by atoms with Crippen LogP contribution in [-0.4, -0.2) is 5.11 Å². The second kappa shape index (κ2) is 5.61. The molecule has 0 saturated heterocycles. The molecular formula is C14H8ClF5O. The minimum absolute atomic E-state index is 0.0991. The molecule has 112 valence electrons. The van der Waals surface area contributed by atoms with Crippen LogP contribution in [0.5, 0.6) is 0 Å². The summed E-state index contributed by atoms with van der Waals surface area (Å²) < 4.78 is 64.4. The third-order valence-corrected chi connectivity index (χ3v) is 3.11. The van der Waals surface area contributed by atoms with Gasteiger partial charge >= 0.3 is 6.18 Å². The lowest BCUT2D eigenvalue weighted by molar-refractivity contribution is -0.140. The average Bonchev–Trinajstić information content (AvgIpc) is 2.36. The fourth-order valence-corrected chi connectivity index (χ4v) is 1.99. The summed E-state index contributed by atoms with van der Waals surface area (Å²) in [6, 6.07) is 5.36. The van der Waals surface area contributed by atoms with E-state index in [1.165, 1.54) is 12.1 Å². The fraction of sp³-hybridized carbons (Fsp3) is 0.143. The minimum Gasteiger partial charge on any atom is -0.384 e. The monoisotopic (exact) mass is 322 g/mol. The van der Waals surface area contributed by atoms with Gasteiger partial charge < -0.3 is 5.11 Å². The first-order valence-electron chi connectivity index (χ1n) is 5.70. The fourth-order valence-electron chi connectivity index (χ4n) is 1.83. The van der Waals surface area contributed by atoms with Gasteiger partial charge in [0.05, 0.1) is 5.56 Å². The topological polar surface area (TPSA) is 20.2 Å². The Labute approximate surface area is 121 Å². The van der Waals surface area contributed by atoms with Gasteiger partial charge in [0.1, 0.15) is 17.7 Å². The van der Waals surface area contributed by atoms with E-state index in [0.29, 0.717) is 12.1 Å². The number of alkyl halides is 3. The van der Waals surface area contributed by atoms with Crippen molar-refractivity contribution in [3.05, 3.63) is 69.7 Å². The molecule has 0 bridgehead atoms. The second-order valence-corrected chi connectivity index (χ2v) is 4.74. The Balaban J connectivity index is 2.40. The third kappa shape index (κ3) is 3.33. The predicted molar refractivity (Wildman–Crippen MR) is 66.9 cm³/mol. The number of aliphatic hydroxyl groups is 1. The molecule has 0 aromatic heterocycles. The Bertz CT molecular complexity index is 669. The summed E-state index contributed by atoms with van der Waals surface area (Å²) in [5.41, 5.74) is -1.85. The number of benzene rings is 2. The van der Waals surface area contributed by atoms with Crippen molar-refractivity contribution in [2.24, 2.45) is 0 Å². The van der Waals surface area contributed by atoms with Gasteiger partial charge in [0.2, 0.25) is 0 Å². The summed E-state index contributed by atoms with van der Waals surface area (Å²) in [6.07, 6.45) is -6.43. The highest BCUT2D eigenvalue weighted by atomic mass is 35.5. The van der Waals surface area contributed by atoms with E-state index in [1.54, 1.807) is 0 Å². The van der Waals surface area contributed by atoms with Crippen LogP contribution in [0.15, 0.2) is 36.4 Å². The molecule has 0 heterocycles. The van der Waals surface area contributed by atoms with Gasteiger partial charge in [-0.15, -0.1) is 0 Å². The smallest absolute Gasteiger partial charge is 0.384 e. The molecular weight excluding hydrogens is 315 g/mol. The Kier molecular flexibility index (Phi) is 4.20. The molecule has 2 rings (SSSR count). The normalized spacial score (nSPS) is 13.3. The van der Waals surface area contributed by atoms with Crippen molar-refractivity contribution in [2.75, 3.05) is 0 Å². The van der Waals surface area contributed by atoms with Crippen LogP contribution in [0.2, 0.25) is 5.02 Å². The molecule has 1 atom stereocenters. The molecule has 1 N–H and O–H groups in total. The summed E-state index contributed by atoms with van der Waals surface area (Å²) in [4.78, 5) is 0. The number of aliphatic hydroxyl groups excluding tert-OH is 1. The van der Waals surface area contributed by atoms with Crippen LogP contribution < -0.4 is 0 Å². The highest BCUT2D eigenvalue weighted by Gasteiger charge is 2.34. The van der Waals surface area contributed by atoms with Crippen molar-refractivity contribution >= 4 is 11.6 Å². The van der Waals surface area contributed by atoms with Gasteiger partial charge in [0, 0.05) is 10.6 Å². The molecule has 1 unspecified atom stereocenters. The number of halogens is 6.